The van der Waals surface area contributed by atoms with Crippen LogP contribution in [0.5, 0.6) is 0 Å². The smallest absolute Gasteiger partial charge is 0.333 e. The summed E-state index contributed by atoms with van der Waals surface area (Å²) < 4.78 is 15.7. The molecule has 0 rings (SSSR count). The highest BCUT2D eigenvalue weighted by Crippen LogP contribution is 2.23. The standard InChI is InChI=1S/C19H31O5Si/c1-6-9-17(24-25)16(10-7-12-22-18(20)14(2)3)11-8-13-23-19(21)15(4)5/h16-17H,2,4,6-13H2,1,3,5H3. The third-order valence-electron chi connectivity index (χ3n) is 3.85. The Labute approximate surface area is 155 Å². The van der Waals surface area contributed by atoms with Gasteiger partial charge in [-0.1, -0.05) is 26.5 Å². The summed E-state index contributed by atoms with van der Waals surface area (Å²) in [5.41, 5.74) is 0.812. The molecular weight excluding hydrogens is 336 g/mol. The second-order valence-corrected chi connectivity index (χ2v) is 6.56. The summed E-state index contributed by atoms with van der Waals surface area (Å²) in [5.74, 6) is -0.418. The second kappa shape index (κ2) is 13.8. The molecule has 0 aromatic carbocycles. The topological polar surface area (TPSA) is 61.8 Å². The highest BCUT2D eigenvalue weighted by atomic mass is 28.2. The fourth-order valence-corrected chi connectivity index (χ4v) is 2.77. The molecule has 1 unspecified atom stereocenters. The Morgan fingerprint density at radius 2 is 1.36 bits per heavy atom. The molecule has 5 nitrogen and oxygen atoms in total. The van der Waals surface area contributed by atoms with Gasteiger partial charge in [0.15, 0.2) is 0 Å². The summed E-state index contributed by atoms with van der Waals surface area (Å²) in [6, 6.07) is 0. The zero-order chi connectivity index (χ0) is 19.2. The first-order chi connectivity index (χ1) is 11.8. The first-order valence-electron chi connectivity index (χ1n) is 8.81. The lowest BCUT2D eigenvalue weighted by Crippen LogP contribution is -2.24. The van der Waals surface area contributed by atoms with Gasteiger partial charge in [0.05, 0.1) is 13.2 Å². The third kappa shape index (κ3) is 10.9. The van der Waals surface area contributed by atoms with Gasteiger partial charge in [0, 0.05) is 17.3 Å². The number of hydrogen-bond donors (Lipinski definition) is 0. The molecule has 0 amide bonds. The van der Waals surface area contributed by atoms with E-state index in [9.17, 15) is 9.59 Å². The Morgan fingerprint density at radius 3 is 1.68 bits per heavy atom. The zero-order valence-electron chi connectivity index (χ0n) is 15.8. The molecule has 3 radical (unpaired) electrons. The maximum Gasteiger partial charge on any atom is 0.333 e. The van der Waals surface area contributed by atoms with Crippen molar-refractivity contribution in [2.75, 3.05) is 13.2 Å². The van der Waals surface area contributed by atoms with Crippen LogP contribution in [0.15, 0.2) is 24.3 Å². The molecule has 0 N–H and O–H groups in total. The van der Waals surface area contributed by atoms with Crippen molar-refractivity contribution in [3.63, 3.8) is 0 Å². The van der Waals surface area contributed by atoms with Gasteiger partial charge in [-0.15, -0.1) is 0 Å². The molecule has 0 saturated heterocycles. The highest BCUT2D eigenvalue weighted by Gasteiger charge is 2.20. The van der Waals surface area contributed by atoms with Crippen LogP contribution in [-0.4, -0.2) is 41.7 Å². The molecule has 0 heterocycles. The fourth-order valence-electron chi connectivity index (χ4n) is 2.46. The molecule has 0 bridgehead atoms. The Kier molecular flexibility index (Phi) is 13.1. The van der Waals surface area contributed by atoms with Gasteiger partial charge < -0.3 is 13.9 Å². The SMILES string of the molecule is C=C(C)C(=O)OCCCC(CCCOC(=O)C(=C)C)C(CCC)O[Si]. The Bertz CT molecular complexity index is 413. The normalized spacial score (nSPS) is 11.9. The van der Waals surface area contributed by atoms with E-state index < -0.39 is 0 Å². The quantitative estimate of drug-likeness (QED) is 0.203. The van der Waals surface area contributed by atoms with E-state index in [2.05, 4.69) is 30.6 Å². The van der Waals surface area contributed by atoms with E-state index in [4.69, 9.17) is 13.9 Å². The second-order valence-electron chi connectivity index (χ2n) is 6.32. The van der Waals surface area contributed by atoms with E-state index >= 15 is 0 Å². The summed E-state index contributed by atoms with van der Waals surface area (Å²) in [6.45, 7) is 13.2. The van der Waals surface area contributed by atoms with Crippen LogP contribution in [0.1, 0.15) is 59.3 Å². The van der Waals surface area contributed by atoms with Gasteiger partial charge in [-0.3, -0.25) is 0 Å². The van der Waals surface area contributed by atoms with Gasteiger partial charge in [0.25, 0.3) is 0 Å². The molecule has 0 aliphatic heterocycles. The summed E-state index contributed by atoms with van der Waals surface area (Å²) >= 11 is 0. The van der Waals surface area contributed by atoms with E-state index in [1.165, 1.54) is 0 Å². The lowest BCUT2D eigenvalue weighted by molar-refractivity contribution is -0.139. The number of rotatable bonds is 14. The van der Waals surface area contributed by atoms with E-state index in [1.54, 1.807) is 13.8 Å². The Morgan fingerprint density at radius 1 is 0.920 bits per heavy atom. The highest BCUT2D eigenvalue weighted by molar-refractivity contribution is 5.98. The molecule has 0 fully saturated rings. The number of esters is 2. The number of carbonyl (C=O) groups is 2. The van der Waals surface area contributed by atoms with Crippen LogP contribution in [0.3, 0.4) is 0 Å². The van der Waals surface area contributed by atoms with E-state index in [0.29, 0.717) is 30.3 Å². The van der Waals surface area contributed by atoms with Crippen LogP contribution in [0, 0.1) is 5.92 Å². The molecule has 0 aromatic heterocycles. The molecular formula is C19H31O5Si. The Hall–Kier alpha value is -1.40. The van der Waals surface area contributed by atoms with Crippen molar-refractivity contribution < 1.29 is 23.5 Å². The monoisotopic (exact) mass is 367 g/mol. The van der Waals surface area contributed by atoms with Crippen LogP contribution in [0.2, 0.25) is 0 Å². The van der Waals surface area contributed by atoms with E-state index in [0.717, 1.165) is 38.5 Å². The van der Waals surface area contributed by atoms with Gasteiger partial charge in [0.2, 0.25) is 10.5 Å². The average Bonchev–Trinajstić information content (AvgIpc) is 2.57. The minimum atomic E-state index is -0.357. The maximum absolute atomic E-state index is 11.4. The summed E-state index contributed by atoms with van der Waals surface area (Å²) in [6.07, 6.45) is 5.28. The van der Waals surface area contributed by atoms with Crippen molar-refractivity contribution in [3.8, 4) is 0 Å². The van der Waals surface area contributed by atoms with Gasteiger partial charge in [-0.2, -0.15) is 0 Å². The summed E-state index contributed by atoms with van der Waals surface area (Å²) in [7, 11) is 3.18. The van der Waals surface area contributed by atoms with Crippen LogP contribution in [0.25, 0.3) is 0 Å². The van der Waals surface area contributed by atoms with Crippen molar-refractivity contribution in [2.45, 2.75) is 65.4 Å². The van der Waals surface area contributed by atoms with E-state index in [1.807, 2.05) is 0 Å². The summed E-state index contributed by atoms with van der Waals surface area (Å²) in [5, 5.41) is 0. The van der Waals surface area contributed by atoms with Crippen LogP contribution >= 0.6 is 0 Å². The zero-order valence-corrected chi connectivity index (χ0v) is 16.8. The van der Waals surface area contributed by atoms with Gasteiger partial charge in [-0.05, 0) is 51.9 Å². The van der Waals surface area contributed by atoms with E-state index in [-0.39, 0.29) is 18.0 Å². The number of carbonyl (C=O) groups excluding carboxylic acids is 2. The molecule has 0 aliphatic carbocycles. The molecule has 0 aliphatic rings. The van der Waals surface area contributed by atoms with Gasteiger partial charge in [0.1, 0.15) is 0 Å². The van der Waals surface area contributed by atoms with Crippen molar-refractivity contribution in [1.29, 1.82) is 0 Å². The first kappa shape index (κ1) is 23.6. The number of hydrogen-bond acceptors (Lipinski definition) is 5. The van der Waals surface area contributed by atoms with Gasteiger partial charge in [-0.25, -0.2) is 9.59 Å². The predicted octanol–water partition coefficient (Wildman–Crippen LogP) is 3.67. The number of ether oxygens (including phenoxy) is 2. The molecule has 25 heavy (non-hydrogen) atoms. The minimum Gasteiger partial charge on any atom is -0.462 e. The Balaban J connectivity index is 4.36. The fraction of sp³-hybridized carbons (Fsp3) is 0.684. The molecule has 1 atom stereocenters. The van der Waals surface area contributed by atoms with Crippen LogP contribution in [0.4, 0.5) is 0 Å². The van der Waals surface area contributed by atoms with Crippen molar-refractivity contribution in [2.24, 2.45) is 5.92 Å². The van der Waals surface area contributed by atoms with Crippen molar-refractivity contribution in [1.82, 2.24) is 0 Å². The molecule has 141 valence electrons. The lowest BCUT2D eigenvalue weighted by Gasteiger charge is -2.26. The first-order valence-corrected chi connectivity index (χ1v) is 9.21. The lowest BCUT2D eigenvalue weighted by atomic mass is 9.90. The molecule has 0 spiro atoms. The molecule has 0 aromatic rings. The maximum atomic E-state index is 11.4. The van der Waals surface area contributed by atoms with Crippen molar-refractivity contribution >= 4 is 22.4 Å². The summed E-state index contributed by atoms with van der Waals surface area (Å²) in [4.78, 5) is 22.8. The third-order valence-corrected chi connectivity index (χ3v) is 4.15. The van der Waals surface area contributed by atoms with Gasteiger partial charge >= 0.3 is 11.9 Å². The average molecular weight is 368 g/mol. The molecule has 6 heteroatoms. The van der Waals surface area contributed by atoms with Crippen LogP contribution < -0.4 is 0 Å². The predicted molar refractivity (Wildman–Crippen MR) is 99.0 cm³/mol. The molecule has 0 saturated carbocycles. The van der Waals surface area contributed by atoms with Crippen molar-refractivity contribution in [3.05, 3.63) is 24.3 Å². The minimum absolute atomic E-state index is 0.0790. The van der Waals surface area contributed by atoms with Crippen LogP contribution in [-0.2, 0) is 23.5 Å². The largest absolute Gasteiger partial charge is 0.462 e.